The molecule has 0 saturated carbocycles. The average molecular weight is 399 g/mol. The summed E-state index contributed by atoms with van der Waals surface area (Å²) in [6, 6.07) is 12.4. The van der Waals surface area contributed by atoms with Gasteiger partial charge in [0.15, 0.2) is 5.78 Å². The molecule has 0 spiro atoms. The molecule has 1 saturated heterocycles. The van der Waals surface area contributed by atoms with Gasteiger partial charge in [0.2, 0.25) is 0 Å². The Morgan fingerprint density at radius 2 is 1.90 bits per heavy atom. The Bertz CT molecular complexity index is 1140. The van der Waals surface area contributed by atoms with Gasteiger partial charge in [-0.05, 0) is 64.9 Å². The molecule has 0 radical (unpaired) electrons. The van der Waals surface area contributed by atoms with Crippen molar-refractivity contribution in [3.05, 3.63) is 69.3 Å². The summed E-state index contributed by atoms with van der Waals surface area (Å²) in [4.78, 5) is 16.1. The van der Waals surface area contributed by atoms with Gasteiger partial charge in [-0.2, -0.15) is 5.26 Å². The van der Waals surface area contributed by atoms with Gasteiger partial charge in [0, 0.05) is 35.3 Å². The maximum Gasteiger partial charge on any atom is 0.193 e. The lowest BCUT2D eigenvalue weighted by Gasteiger charge is -2.37. The van der Waals surface area contributed by atoms with Crippen molar-refractivity contribution in [2.75, 3.05) is 31.2 Å². The van der Waals surface area contributed by atoms with Crippen LogP contribution in [0, 0.1) is 11.3 Å². The van der Waals surface area contributed by atoms with Gasteiger partial charge in [-0.25, -0.2) is 0 Å². The second kappa shape index (κ2) is 6.82. The van der Waals surface area contributed by atoms with E-state index in [1.165, 1.54) is 16.8 Å². The number of allylic oxidation sites excluding steroid dienone is 2. The zero-order chi connectivity index (χ0) is 21.0. The Balaban J connectivity index is 1.66. The van der Waals surface area contributed by atoms with E-state index in [4.69, 9.17) is 4.74 Å². The third kappa shape index (κ3) is 2.66. The minimum atomic E-state index is -0.238. The topological polar surface area (TPSA) is 53.3 Å². The van der Waals surface area contributed by atoms with Crippen molar-refractivity contribution in [1.29, 1.82) is 5.26 Å². The molecule has 2 aromatic carbocycles. The predicted molar refractivity (Wildman–Crippen MR) is 118 cm³/mol. The van der Waals surface area contributed by atoms with Crippen LogP contribution in [0.3, 0.4) is 0 Å². The standard InChI is InChI=1S/C26H26N2O2/c1-4-17-12-20-21(14-23(17)28-7-9-30-10-8-28)26(2,3)22-13-18-11-16(15-27)5-6-19(18)24(22)25(20)29/h5-6,11-12,14H,4,7-10,13H2,1-3H3. The average Bonchev–Trinajstić information content (AvgIpc) is 3.17. The smallest absolute Gasteiger partial charge is 0.193 e. The van der Waals surface area contributed by atoms with Crippen LogP contribution in [0.15, 0.2) is 35.9 Å². The summed E-state index contributed by atoms with van der Waals surface area (Å²) < 4.78 is 5.55. The first-order chi connectivity index (χ1) is 14.5. The number of aryl methyl sites for hydroxylation is 1. The number of ketones is 1. The van der Waals surface area contributed by atoms with E-state index in [-0.39, 0.29) is 11.2 Å². The highest BCUT2D eigenvalue weighted by molar-refractivity contribution is 6.33. The predicted octanol–water partition coefficient (Wildman–Crippen LogP) is 4.44. The SMILES string of the molecule is CCc1cc2c(cc1N1CCOCC1)C(C)(C)C1=C(C2=O)c2ccc(C#N)cc2C1. The largest absolute Gasteiger partial charge is 0.378 e. The zero-order valence-electron chi connectivity index (χ0n) is 17.8. The monoisotopic (exact) mass is 398 g/mol. The van der Waals surface area contributed by atoms with Crippen LogP contribution in [0.2, 0.25) is 0 Å². The van der Waals surface area contributed by atoms with Crippen molar-refractivity contribution < 1.29 is 9.53 Å². The van der Waals surface area contributed by atoms with E-state index < -0.39 is 0 Å². The van der Waals surface area contributed by atoms with E-state index in [1.807, 2.05) is 18.2 Å². The Morgan fingerprint density at radius 3 is 2.60 bits per heavy atom. The quantitative estimate of drug-likeness (QED) is 0.750. The van der Waals surface area contributed by atoms with E-state index in [0.717, 1.165) is 67.0 Å². The Kier molecular flexibility index (Phi) is 4.34. The number of ether oxygens (including phenoxy) is 1. The summed E-state index contributed by atoms with van der Waals surface area (Å²) in [5, 5.41) is 9.29. The molecule has 4 heteroatoms. The van der Waals surface area contributed by atoms with Gasteiger partial charge >= 0.3 is 0 Å². The minimum Gasteiger partial charge on any atom is -0.378 e. The molecule has 1 fully saturated rings. The van der Waals surface area contributed by atoms with Gasteiger partial charge in [-0.3, -0.25) is 4.79 Å². The summed E-state index contributed by atoms with van der Waals surface area (Å²) in [6.07, 6.45) is 1.63. The molecule has 0 N–H and O–H groups in total. The number of fused-ring (bicyclic) bond motifs is 3. The lowest BCUT2D eigenvalue weighted by Crippen LogP contribution is -2.37. The van der Waals surface area contributed by atoms with Gasteiger partial charge in [-0.1, -0.05) is 26.8 Å². The van der Waals surface area contributed by atoms with Crippen LogP contribution in [0.1, 0.15) is 58.9 Å². The molecule has 30 heavy (non-hydrogen) atoms. The number of carbonyl (C=O) groups excluding carboxylic acids is 1. The zero-order valence-corrected chi connectivity index (χ0v) is 17.8. The number of anilines is 1. The van der Waals surface area contributed by atoms with Crippen LogP contribution >= 0.6 is 0 Å². The highest BCUT2D eigenvalue weighted by Crippen LogP contribution is 2.51. The molecule has 152 valence electrons. The summed E-state index contributed by atoms with van der Waals surface area (Å²) >= 11 is 0. The van der Waals surface area contributed by atoms with Gasteiger partial charge in [0.05, 0.1) is 24.8 Å². The third-order valence-electron chi connectivity index (χ3n) is 7.02. The summed E-state index contributed by atoms with van der Waals surface area (Å²) in [5.74, 6) is 0.131. The maximum atomic E-state index is 13.7. The number of nitrogens with zero attached hydrogens (tertiary/aromatic N) is 2. The molecule has 4 nitrogen and oxygen atoms in total. The van der Waals surface area contributed by atoms with Crippen molar-refractivity contribution in [2.45, 2.75) is 39.0 Å². The molecule has 2 aliphatic carbocycles. The summed E-state index contributed by atoms with van der Waals surface area (Å²) in [7, 11) is 0. The summed E-state index contributed by atoms with van der Waals surface area (Å²) in [6.45, 7) is 9.89. The molecule has 2 aromatic rings. The minimum absolute atomic E-state index is 0.131. The van der Waals surface area contributed by atoms with Crippen molar-refractivity contribution in [2.24, 2.45) is 0 Å². The number of hydrogen-bond acceptors (Lipinski definition) is 4. The fourth-order valence-electron chi connectivity index (χ4n) is 5.30. The fourth-order valence-corrected chi connectivity index (χ4v) is 5.30. The molecule has 3 aliphatic rings. The number of rotatable bonds is 2. The Hall–Kier alpha value is -2.90. The fraction of sp³-hybridized carbons (Fsp3) is 0.385. The molecular formula is C26H26N2O2. The van der Waals surface area contributed by atoms with Crippen LogP contribution in [0.4, 0.5) is 5.69 Å². The second-order valence-electron chi connectivity index (χ2n) is 8.95. The van der Waals surface area contributed by atoms with Crippen molar-refractivity contribution >= 4 is 17.0 Å². The highest BCUT2D eigenvalue weighted by atomic mass is 16.5. The van der Waals surface area contributed by atoms with Crippen LogP contribution in [-0.4, -0.2) is 32.1 Å². The van der Waals surface area contributed by atoms with E-state index in [1.54, 1.807) is 0 Å². The molecule has 1 aliphatic heterocycles. The molecule has 0 amide bonds. The lowest BCUT2D eigenvalue weighted by molar-refractivity contribution is 0.105. The van der Waals surface area contributed by atoms with Crippen LogP contribution in [0.5, 0.6) is 0 Å². The third-order valence-corrected chi connectivity index (χ3v) is 7.02. The van der Waals surface area contributed by atoms with E-state index in [0.29, 0.717) is 5.56 Å². The first-order valence-corrected chi connectivity index (χ1v) is 10.8. The van der Waals surface area contributed by atoms with E-state index in [2.05, 4.69) is 43.9 Å². The van der Waals surface area contributed by atoms with Gasteiger partial charge in [-0.15, -0.1) is 0 Å². The van der Waals surface area contributed by atoms with Crippen LogP contribution in [0.25, 0.3) is 5.57 Å². The molecule has 0 atom stereocenters. The molecule has 1 heterocycles. The van der Waals surface area contributed by atoms with E-state index >= 15 is 0 Å². The second-order valence-corrected chi connectivity index (χ2v) is 8.95. The van der Waals surface area contributed by atoms with Crippen molar-refractivity contribution in [1.82, 2.24) is 0 Å². The first kappa shape index (κ1) is 19.1. The Morgan fingerprint density at radius 1 is 1.13 bits per heavy atom. The van der Waals surface area contributed by atoms with Crippen LogP contribution in [-0.2, 0) is 23.0 Å². The number of hydrogen-bond donors (Lipinski definition) is 0. The molecule has 0 bridgehead atoms. The Labute approximate surface area is 177 Å². The molecule has 0 aromatic heterocycles. The van der Waals surface area contributed by atoms with E-state index in [9.17, 15) is 10.1 Å². The molecule has 0 unspecified atom stereocenters. The van der Waals surface area contributed by atoms with Crippen molar-refractivity contribution in [3.63, 3.8) is 0 Å². The number of Topliss-reactive ketones (excluding diaryl/α,β-unsaturated/α-hetero) is 1. The van der Waals surface area contributed by atoms with Crippen LogP contribution < -0.4 is 4.90 Å². The number of morpholine rings is 1. The number of nitriles is 1. The summed E-state index contributed by atoms with van der Waals surface area (Å²) in [5.41, 5.74) is 8.98. The molecular weight excluding hydrogens is 372 g/mol. The highest BCUT2D eigenvalue weighted by Gasteiger charge is 2.43. The normalized spacial score (nSPS) is 19.3. The first-order valence-electron chi connectivity index (χ1n) is 10.8. The number of benzene rings is 2. The van der Waals surface area contributed by atoms with Gasteiger partial charge in [0.25, 0.3) is 0 Å². The van der Waals surface area contributed by atoms with Gasteiger partial charge < -0.3 is 9.64 Å². The van der Waals surface area contributed by atoms with Gasteiger partial charge in [0.1, 0.15) is 0 Å². The maximum absolute atomic E-state index is 13.7. The lowest BCUT2D eigenvalue weighted by atomic mass is 9.68. The number of carbonyl (C=O) groups is 1. The molecule has 5 rings (SSSR count). The van der Waals surface area contributed by atoms with Crippen molar-refractivity contribution in [3.8, 4) is 6.07 Å².